The summed E-state index contributed by atoms with van der Waals surface area (Å²) in [7, 11) is -4.23. The Morgan fingerprint density at radius 1 is 0.947 bits per heavy atom. The summed E-state index contributed by atoms with van der Waals surface area (Å²) in [4.78, 5) is 28.1. The zero-order chi connectivity index (χ0) is 28.0. The van der Waals surface area contributed by atoms with Gasteiger partial charge in [-0.3, -0.25) is 13.9 Å². The van der Waals surface area contributed by atoms with E-state index in [1.165, 1.54) is 35.2 Å². The number of halogens is 3. The summed E-state index contributed by atoms with van der Waals surface area (Å²) < 4.78 is 29.3. The van der Waals surface area contributed by atoms with E-state index in [2.05, 4.69) is 21.2 Å². The quantitative estimate of drug-likeness (QED) is 0.299. The molecule has 3 aromatic rings. The first kappa shape index (κ1) is 30.0. The SMILES string of the molecule is CC(C)NC(=O)C(C)N(Cc1ccc(Br)cc1)C(=O)CN(c1cc(Cl)ccc1Cl)S(=O)(=O)c1ccccc1. The van der Waals surface area contributed by atoms with Crippen molar-refractivity contribution in [2.24, 2.45) is 0 Å². The van der Waals surface area contributed by atoms with Crippen LogP contribution in [-0.2, 0) is 26.2 Å². The van der Waals surface area contributed by atoms with Crippen molar-refractivity contribution < 1.29 is 18.0 Å². The highest BCUT2D eigenvalue weighted by molar-refractivity contribution is 9.10. The number of amides is 2. The highest BCUT2D eigenvalue weighted by Gasteiger charge is 2.33. The molecule has 0 heterocycles. The fourth-order valence-electron chi connectivity index (χ4n) is 3.68. The van der Waals surface area contributed by atoms with Gasteiger partial charge in [0.2, 0.25) is 11.8 Å². The van der Waals surface area contributed by atoms with E-state index in [0.29, 0.717) is 0 Å². The number of nitrogens with one attached hydrogen (secondary N) is 1. The highest BCUT2D eigenvalue weighted by atomic mass is 79.9. The van der Waals surface area contributed by atoms with Crippen LogP contribution in [-0.4, -0.2) is 43.8 Å². The fourth-order valence-corrected chi connectivity index (χ4v) is 5.83. The van der Waals surface area contributed by atoms with E-state index >= 15 is 0 Å². The second kappa shape index (κ2) is 13.0. The number of hydrogen-bond acceptors (Lipinski definition) is 4. The van der Waals surface area contributed by atoms with Gasteiger partial charge in [-0.25, -0.2) is 8.42 Å². The molecular formula is C27H28BrCl2N3O4S. The van der Waals surface area contributed by atoms with Gasteiger partial charge >= 0.3 is 0 Å². The maximum Gasteiger partial charge on any atom is 0.264 e. The van der Waals surface area contributed by atoms with Crippen LogP contribution in [0.1, 0.15) is 26.3 Å². The molecule has 0 aliphatic carbocycles. The van der Waals surface area contributed by atoms with E-state index in [1.807, 2.05) is 38.1 Å². The minimum Gasteiger partial charge on any atom is -0.352 e. The van der Waals surface area contributed by atoms with Crippen LogP contribution >= 0.6 is 39.1 Å². The van der Waals surface area contributed by atoms with Crippen molar-refractivity contribution in [3.8, 4) is 0 Å². The van der Waals surface area contributed by atoms with Gasteiger partial charge in [0.1, 0.15) is 12.6 Å². The van der Waals surface area contributed by atoms with Gasteiger partial charge < -0.3 is 10.2 Å². The monoisotopic (exact) mass is 639 g/mol. The van der Waals surface area contributed by atoms with Crippen LogP contribution in [0.2, 0.25) is 10.0 Å². The molecule has 1 N–H and O–H groups in total. The molecule has 0 aliphatic heterocycles. The van der Waals surface area contributed by atoms with Crippen LogP contribution in [0.5, 0.6) is 0 Å². The lowest BCUT2D eigenvalue weighted by molar-refractivity contribution is -0.139. The number of carbonyl (C=O) groups excluding carboxylic acids is 2. The summed E-state index contributed by atoms with van der Waals surface area (Å²) in [5, 5.41) is 3.17. The van der Waals surface area contributed by atoms with Crippen molar-refractivity contribution >= 4 is 66.7 Å². The summed E-state index contributed by atoms with van der Waals surface area (Å²) in [6, 6.07) is 18.4. The molecule has 0 fully saturated rings. The molecule has 0 bridgehead atoms. The summed E-state index contributed by atoms with van der Waals surface area (Å²) in [6.45, 7) is 4.73. The molecule has 0 saturated carbocycles. The largest absolute Gasteiger partial charge is 0.352 e. The molecule has 7 nitrogen and oxygen atoms in total. The van der Waals surface area contributed by atoms with E-state index in [9.17, 15) is 18.0 Å². The van der Waals surface area contributed by atoms with Gasteiger partial charge in [-0.15, -0.1) is 0 Å². The number of sulfonamides is 1. The Bertz CT molecular complexity index is 1390. The maximum absolute atomic E-state index is 13.9. The third kappa shape index (κ3) is 7.50. The van der Waals surface area contributed by atoms with E-state index in [1.54, 1.807) is 25.1 Å². The number of hydrogen-bond donors (Lipinski definition) is 1. The van der Waals surface area contributed by atoms with E-state index < -0.39 is 28.5 Å². The molecule has 1 atom stereocenters. The molecule has 202 valence electrons. The normalized spacial score (nSPS) is 12.2. The zero-order valence-corrected chi connectivity index (χ0v) is 25.0. The van der Waals surface area contributed by atoms with Gasteiger partial charge in [0.15, 0.2) is 0 Å². The lowest BCUT2D eigenvalue weighted by Gasteiger charge is -2.32. The van der Waals surface area contributed by atoms with Crippen LogP contribution < -0.4 is 9.62 Å². The van der Waals surface area contributed by atoms with E-state index in [4.69, 9.17) is 23.2 Å². The first-order valence-electron chi connectivity index (χ1n) is 11.8. The smallest absolute Gasteiger partial charge is 0.264 e. The minimum absolute atomic E-state index is 0.0195. The summed E-state index contributed by atoms with van der Waals surface area (Å²) >= 11 is 16.0. The molecule has 0 saturated heterocycles. The first-order chi connectivity index (χ1) is 17.9. The molecule has 3 rings (SSSR count). The lowest BCUT2D eigenvalue weighted by Crippen LogP contribution is -2.52. The molecule has 1 unspecified atom stereocenters. The summed E-state index contributed by atoms with van der Waals surface area (Å²) in [5.41, 5.74) is 0.822. The van der Waals surface area contributed by atoms with Crippen LogP contribution in [0, 0.1) is 0 Å². The van der Waals surface area contributed by atoms with Crippen LogP contribution in [0.25, 0.3) is 0 Å². The van der Waals surface area contributed by atoms with Crippen LogP contribution in [0.3, 0.4) is 0 Å². The predicted octanol–water partition coefficient (Wildman–Crippen LogP) is 5.89. The number of anilines is 1. The molecule has 0 aromatic heterocycles. The molecule has 2 amide bonds. The molecular weight excluding hydrogens is 613 g/mol. The van der Waals surface area contributed by atoms with Crippen molar-refractivity contribution in [1.82, 2.24) is 10.2 Å². The van der Waals surface area contributed by atoms with Crippen LogP contribution in [0.4, 0.5) is 5.69 Å². The minimum atomic E-state index is -4.23. The Hall–Kier alpha value is -2.59. The van der Waals surface area contributed by atoms with Crippen molar-refractivity contribution in [2.75, 3.05) is 10.8 Å². The number of nitrogens with zero attached hydrogens (tertiary/aromatic N) is 2. The standard InChI is InChI=1S/C27H28BrCl2N3O4S/c1-18(2)31-27(35)19(3)32(16-20-9-11-21(28)12-10-20)26(34)17-33(25-15-22(29)13-14-24(25)30)38(36,37)23-7-5-4-6-8-23/h4-15,18-19H,16-17H2,1-3H3,(H,31,35). The van der Waals surface area contributed by atoms with Gasteiger partial charge in [0, 0.05) is 22.1 Å². The second-order valence-electron chi connectivity index (χ2n) is 8.91. The van der Waals surface area contributed by atoms with Crippen molar-refractivity contribution in [2.45, 2.75) is 44.3 Å². The Morgan fingerprint density at radius 3 is 2.18 bits per heavy atom. The Kier molecular flexibility index (Phi) is 10.2. The van der Waals surface area contributed by atoms with E-state index in [0.717, 1.165) is 14.3 Å². The van der Waals surface area contributed by atoms with Gasteiger partial charge in [0.05, 0.1) is 15.6 Å². The summed E-state index contributed by atoms with van der Waals surface area (Å²) in [5.74, 6) is -0.946. The zero-order valence-electron chi connectivity index (χ0n) is 21.1. The van der Waals surface area contributed by atoms with E-state index in [-0.39, 0.29) is 39.1 Å². The topological polar surface area (TPSA) is 86.8 Å². The maximum atomic E-state index is 13.9. The molecule has 0 aliphatic rings. The average Bonchev–Trinajstić information content (AvgIpc) is 2.88. The van der Waals surface area contributed by atoms with Crippen molar-refractivity contribution in [1.29, 1.82) is 0 Å². The van der Waals surface area contributed by atoms with Gasteiger partial charge in [-0.05, 0) is 68.8 Å². The Labute approximate surface area is 241 Å². The fraction of sp³-hybridized carbons (Fsp3) is 0.259. The van der Waals surface area contributed by atoms with Crippen molar-refractivity contribution in [3.63, 3.8) is 0 Å². The third-order valence-electron chi connectivity index (χ3n) is 5.65. The number of benzene rings is 3. The van der Waals surface area contributed by atoms with Gasteiger partial charge in [0.25, 0.3) is 10.0 Å². The Morgan fingerprint density at radius 2 is 1.58 bits per heavy atom. The molecule has 0 spiro atoms. The van der Waals surface area contributed by atoms with Gasteiger partial charge in [-0.1, -0.05) is 69.5 Å². The molecule has 38 heavy (non-hydrogen) atoms. The van der Waals surface area contributed by atoms with Crippen molar-refractivity contribution in [3.05, 3.63) is 92.9 Å². The average molecular weight is 641 g/mol. The third-order valence-corrected chi connectivity index (χ3v) is 8.51. The molecule has 0 radical (unpaired) electrons. The second-order valence-corrected chi connectivity index (χ2v) is 12.5. The molecule has 11 heteroatoms. The van der Waals surface area contributed by atoms with Crippen LogP contribution in [0.15, 0.2) is 82.2 Å². The number of carbonyl (C=O) groups is 2. The first-order valence-corrected chi connectivity index (χ1v) is 14.8. The molecule has 3 aromatic carbocycles. The van der Waals surface area contributed by atoms with Gasteiger partial charge in [-0.2, -0.15) is 0 Å². The lowest BCUT2D eigenvalue weighted by atomic mass is 10.1. The summed E-state index contributed by atoms with van der Waals surface area (Å²) in [6.07, 6.45) is 0. The Balaban J connectivity index is 2.06. The highest BCUT2D eigenvalue weighted by Crippen LogP contribution is 2.33. The number of rotatable bonds is 10. The predicted molar refractivity (Wildman–Crippen MR) is 155 cm³/mol.